The maximum atomic E-state index is 13.7. The van der Waals surface area contributed by atoms with Crippen molar-refractivity contribution in [2.45, 2.75) is 6.61 Å². The van der Waals surface area contributed by atoms with Crippen molar-refractivity contribution in [1.29, 1.82) is 5.41 Å². The van der Waals surface area contributed by atoms with E-state index in [9.17, 15) is 4.39 Å². The van der Waals surface area contributed by atoms with Crippen LogP contribution in [0.4, 0.5) is 4.39 Å². The molecule has 0 amide bonds. The minimum Gasteiger partial charge on any atom is -0.486 e. The third-order valence-electron chi connectivity index (χ3n) is 2.58. The summed E-state index contributed by atoms with van der Waals surface area (Å²) in [6, 6.07) is 11.8. The van der Waals surface area contributed by atoms with Crippen molar-refractivity contribution >= 4 is 34.2 Å². The summed E-state index contributed by atoms with van der Waals surface area (Å²) < 4.78 is 20.1. The maximum Gasteiger partial charge on any atom is 0.165 e. The van der Waals surface area contributed by atoms with Gasteiger partial charge in [-0.3, -0.25) is 5.41 Å². The monoisotopic (exact) mass is 358 g/mol. The van der Waals surface area contributed by atoms with Gasteiger partial charge in [0.15, 0.2) is 11.6 Å². The topological polar surface area (TPSA) is 59.1 Å². The van der Waals surface area contributed by atoms with Crippen molar-refractivity contribution in [2.75, 3.05) is 0 Å². The Labute approximate surface area is 131 Å². The summed E-state index contributed by atoms with van der Waals surface area (Å²) in [6.45, 7) is 0.262. The summed E-state index contributed by atoms with van der Waals surface area (Å²) in [6.07, 6.45) is 0. The van der Waals surface area contributed by atoms with Crippen molar-refractivity contribution in [1.82, 2.24) is 0 Å². The lowest BCUT2D eigenvalue weighted by Crippen LogP contribution is -2.11. The van der Waals surface area contributed by atoms with E-state index in [1.54, 1.807) is 6.07 Å². The van der Waals surface area contributed by atoms with Crippen LogP contribution in [0.15, 0.2) is 46.9 Å². The molecule has 2 rings (SSSR count). The fourth-order valence-electron chi connectivity index (χ4n) is 1.56. The Bertz CT molecular complexity index is 622. The molecule has 0 atom stereocenters. The van der Waals surface area contributed by atoms with Crippen molar-refractivity contribution < 1.29 is 9.13 Å². The first kappa shape index (κ1) is 16.5. The number of nitrogen functional groups attached to an aromatic ring is 1. The van der Waals surface area contributed by atoms with Gasteiger partial charge in [0.2, 0.25) is 0 Å². The van der Waals surface area contributed by atoms with Crippen molar-refractivity contribution in [2.24, 2.45) is 5.73 Å². The second kappa shape index (κ2) is 7.26. The Balaban J connectivity index is 0.00000200. The molecule has 20 heavy (non-hydrogen) atoms. The predicted molar refractivity (Wildman–Crippen MR) is 83.1 cm³/mol. The van der Waals surface area contributed by atoms with Gasteiger partial charge in [0.05, 0.1) is 0 Å². The molecule has 0 aliphatic heterocycles. The summed E-state index contributed by atoms with van der Waals surface area (Å²) in [5, 5.41) is 7.23. The standard InChI is InChI=1S/C14H12BrFN2O.ClH/c15-11-4-2-1-3-10(11)8-19-13-6-5-9(14(17)18)7-12(13)16;/h1-7H,8H2,(H3,17,18);1H. The highest BCUT2D eigenvalue weighted by molar-refractivity contribution is 9.10. The van der Waals surface area contributed by atoms with Gasteiger partial charge in [0, 0.05) is 15.6 Å². The zero-order valence-corrected chi connectivity index (χ0v) is 12.8. The molecule has 0 saturated carbocycles. The minimum atomic E-state index is -0.528. The number of halogens is 3. The fourth-order valence-corrected chi connectivity index (χ4v) is 1.96. The molecule has 0 aromatic heterocycles. The SMILES string of the molecule is Cl.N=C(N)c1ccc(OCc2ccccc2Br)c(F)c1. The molecule has 0 aliphatic rings. The number of amidine groups is 1. The van der Waals surface area contributed by atoms with E-state index in [0.29, 0.717) is 5.56 Å². The van der Waals surface area contributed by atoms with E-state index < -0.39 is 5.82 Å². The largest absolute Gasteiger partial charge is 0.486 e. The minimum absolute atomic E-state index is 0. The van der Waals surface area contributed by atoms with Crippen molar-refractivity contribution in [3.63, 3.8) is 0 Å². The zero-order valence-electron chi connectivity index (χ0n) is 10.4. The lowest BCUT2D eigenvalue weighted by Gasteiger charge is -2.09. The van der Waals surface area contributed by atoms with E-state index in [4.69, 9.17) is 15.9 Å². The summed E-state index contributed by atoms with van der Waals surface area (Å²) in [5.74, 6) is -0.559. The third-order valence-corrected chi connectivity index (χ3v) is 3.36. The summed E-state index contributed by atoms with van der Waals surface area (Å²) in [5.41, 5.74) is 6.55. The van der Waals surface area contributed by atoms with Crippen LogP contribution >= 0.6 is 28.3 Å². The van der Waals surface area contributed by atoms with Crippen LogP contribution in [0.1, 0.15) is 11.1 Å². The number of hydrogen-bond donors (Lipinski definition) is 2. The molecule has 0 saturated heterocycles. The summed E-state index contributed by atoms with van der Waals surface area (Å²) in [4.78, 5) is 0. The van der Waals surface area contributed by atoms with Crippen LogP contribution in [-0.2, 0) is 6.61 Å². The average Bonchev–Trinajstić information content (AvgIpc) is 2.39. The Morgan fingerprint density at radius 1 is 1.25 bits per heavy atom. The van der Waals surface area contributed by atoms with Gasteiger partial charge in [-0.05, 0) is 24.3 Å². The zero-order chi connectivity index (χ0) is 13.8. The van der Waals surface area contributed by atoms with Gasteiger partial charge < -0.3 is 10.5 Å². The molecule has 0 radical (unpaired) electrons. The molecule has 2 aromatic carbocycles. The Morgan fingerprint density at radius 2 is 1.95 bits per heavy atom. The molecular weight excluding hydrogens is 347 g/mol. The quantitative estimate of drug-likeness (QED) is 0.643. The van der Waals surface area contributed by atoms with Crippen LogP contribution in [0.5, 0.6) is 5.75 Å². The number of rotatable bonds is 4. The van der Waals surface area contributed by atoms with Gasteiger partial charge in [0.25, 0.3) is 0 Å². The Kier molecular flexibility index (Phi) is 5.98. The number of benzene rings is 2. The maximum absolute atomic E-state index is 13.7. The molecular formula is C14H13BrClFN2O. The number of ether oxygens (including phenoxy) is 1. The molecule has 0 heterocycles. The average molecular weight is 360 g/mol. The van der Waals surface area contributed by atoms with Gasteiger partial charge in [-0.15, -0.1) is 12.4 Å². The van der Waals surface area contributed by atoms with E-state index in [2.05, 4.69) is 15.9 Å². The Morgan fingerprint density at radius 3 is 2.55 bits per heavy atom. The van der Waals surface area contributed by atoms with Crippen molar-refractivity contribution in [3.8, 4) is 5.75 Å². The predicted octanol–water partition coefficient (Wildman–Crippen LogP) is 3.87. The third kappa shape index (κ3) is 3.95. The first-order valence-corrected chi connectivity index (χ1v) is 6.37. The molecule has 2 aromatic rings. The first-order valence-electron chi connectivity index (χ1n) is 5.58. The van der Waals surface area contributed by atoms with Gasteiger partial charge >= 0.3 is 0 Å². The molecule has 0 unspecified atom stereocenters. The molecule has 0 fully saturated rings. The number of nitrogens with two attached hydrogens (primary N) is 1. The van der Waals surface area contributed by atoms with E-state index in [1.807, 2.05) is 24.3 Å². The highest BCUT2D eigenvalue weighted by Gasteiger charge is 2.07. The molecule has 3 N–H and O–H groups in total. The van der Waals surface area contributed by atoms with Gasteiger partial charge in [0.1, 0.15) is 12.4 Å². The fraction of sp³-hybridized carbons (Fsp3) is 0.0714. The molecule has 0 bridgehead atoms. The van der Waals surface area contributed by atoms with Crippen LogP contribution in [-0.4, -0.2) is 5.84 Å². The van der Waals surface area contributed by atoms with Crippen LogP contribution in [0.25, 0.3) is 0 Å². The highest BCUT2D eigenvalue weighted by atomic mass is 79.9. The van der Waals surface area contributed by atoms with Crippen LogP contribution in [0, 0.1) is 11.2 Å². The highest BCUT2D eigenvalue weighted by Crippen LogP contribution is 2.22. The smallest absolute Gasteiger partial charge is 0.165 e. The first-order chi connectivity index (χ1) is 9.08. The molecule has 0 spiro atoms. The molecule has 106 valence electrons. The summed E-state index contributed by atoms with van der Waals surface area (Å²) >= 11 is 3.40. The lowest BCUT2D eigenvalue weighted by atomic mass is 10.2. The number of nitrogens with one attached hydrogen (secondary N) is 1. The van der Waals surface area contributed by atoms with E-state index in [1.165, 1.54) is 12.1 Å². The van der Waals surface area contributed by atoms with E-state index in [0.717, 1.165) is 10.0 Å². The van der Waals surface area contributed by atoms with Crippen LogP contribution in [0.2, 0.25) is 0 Å². The van der Waals surface area contributed by atoms with Crippen LogP contribution in [0.3, 0.4) is 0 Å². The normalized spacial score (nSPS) is 9.70. The van der Waals surface area contributed by atoms with E-state index in [-0.39, 0.29) is 30.6 Å². The second-order valence-corrected chi connectivity index (χ2v) is 4.79. The second-order valence-electron chi connectivity index (χ2n) is 3.94. The lowest BCUT2D eigenvalue weighted by molar-refractivity contribution is 0.289. The summed E-state index contributed by atoms with van der Waals surface area (Å²) in [7, 11) is 0. The molecule has 3 nitrogen and oxygen atoms in total. The Hall–Kier alpha value is -1.59. The molecule has 0 aliphatic carbocycles. The molecule has 6 heteroatoms. The van der Waals surface area contributed by atoms with Gasteiger partial charge in [-0.1, -0.05) is 34.1 Å². The van der Waals surface area contributed by atoms with E-state index >= 15 is 0 Å². The van der Waals surface area contributed by atoms with Gasteiger partial charge in [-0.25, -0.2) is 4.39 Å². The van der Waals surface area contributed by atoms with Crippen LogP contribution < -0.4 is 10.5 Å². The van der Waals surface area contributed by atoms with Gasteiger partial charge in [-0.2, -0.15) is 0 Å². The van der Waals surface area contributed by atoms with Crippen molar-refractivity contribution in [3.05, 3.63) is 63.9 Å². The number of hydrogen-bond acceptors (Lipinski definition) is 2.